The number of anilines is 1. The Labute approximate surface area is 181 Å². The highest BCUT2D eigenvalue weighted by molar-refractivity contribution is 5.89. The number of methoxy groups -OCH3 is 1. The van der Waals surface area contributed by atoms with Gasteiger partial charge in [-0.25, -0.2) is 4.68 Å². The van der Waals surface area contributed by atoms with Gasteiger partial charge in [-0.1, -0.05) is 59.8 Å². The molecule has 1 atom stereocenters. The zero-order valence-electron chi connectivity index (χ0n) is 17.9. The van der Waals surface area contributed by atoms with Crippen LogP contribution in [0.5, 0.6) is 5.75 Å². The van der Waals surface area contributed by atoms with E-state index in [4.69, 9.17) is 4.74 Å². The van der Waals surface area contributed by atoms with Crippen LogP contribution in [0.4, 0.5) is 5.69 Å². The minimum atomic E-state index is -0.190. The van der Waals surface area contributed by atoms with Crippen molar-refractivity contribution < 1.29 is 4.74 Å². The molecular formula is C26H24N4O. The second-order valence-corrected chi connectivity index (χ2v) is 7.81. The molecule has 0 radical (unpaired) electrons. The number of para-hydroxylation sites is 1. The molecule has 1 aromatic heterocycles. The van der Waals surface area contributed by atoms with E-state index in [-0.39, 0.29) is 6.04 Å². The van der Waals surface area contributed by atoms with Crippen LogP contribution < -0.4 is 9.64 Å². The maximum absolute atomic E-state index is 5.86. The lowest BCUT2D eigenvalue weighted by Gasteiger charge is -2.24. The summed E-state index contributed by atoms with van der Waals surface area (Å²) in [6, 6.07) is 29.0. The molecule has 1 unspecified atom stereocenters. The van der Waals surface area contributed by atoms with E-state index in [1.165, 1.54) is 0 Å². The van der Waals surface area contributed by atoms with Crippen molar-refractivity contribution >= 4 is 27.5 Å². The monoisotopic (exact) mass is 408 g/mol. The van der Waals surface area contributed by atoms with Crippen molar-refractivity contribution in [1.29, 1.82) is 0 Å². The first kappa shape index (κ1) is 19.1. The molecule has 0 aliphatic heterocycles. The maximum atomic E-state index is 5.86. The standard InChI is InChI=1S/C26H24N4O/c1-29(2)20-15-12-19(13-16-20)26(30-23-11-7-6-10-22(23)27-28-30)25-21-9-5-4-8-18(21)14-17-24(25)31-3/h4-17,26H,1-3H3. The third-order valence-corrected chi connectivity index (χ3v) is 5.77. The van der Waals surface area contributed by atoms with Crippen molar-refractivity contribution in [2.45, 2.75) is 6.04 Å². The molecule has 0 N–H and O–H groups in total. The fourth-order valence-corrected chi connectivity index (χ4v) is 4.20. The van der Waals surface area contributed by atoms with Crippen LogP contribution in [0.3, 0.4) is 0 Å². The summed E-state index contributed by atoms with van der Waals surface area (Å²) in [5.41, 5.74) is 5.20. The fraction of sp³-hybridized carbons (Fsp3) is 0.154. The number of benzene rings is 4. The smallest absolute Gasteiger partial charge is 0.125 e. The molecule has 0 aliphatic carbocycles. The Bertz CT molecular complexity index is 1360. The van der Waals surface area contributed by atoms with Gasteiger partial charge in [0.1, 0.15) is 17.3 Å². The maximum Gasteiger partial charge on any atom is 0.125 e. The third-order valence-electron chi connectivity index (χ3n) is 5.77. The number of rotatable bonds is 5. The molecule has 5 rings (SSSR count). The predicted molar refractivity (Wildman–Crippen MR) is 126 cm³/mol. The van der Waals surface area contributed by atoms with Gasteiger partial charge in [-0.15, -0.1) is 5.10 Å². The Hall–Kier alpha value is -3.86. The lowest BCUT2D eigenvalue weighted by atomic mass is 9.92. The van der Waals surface area contributed by atoms with Crippen molar-refractivity contribution in [3.05, 3.63) is 96.1 Å². The van der Waals surface area contributed by atoms with E-state index in [1.54, 1.807) is 7.11 Å². The highest BCUT2D eigenvalue weighted by Crippen LogP contribution is 2.39. The van der Waals surface area contributed by atoms with Gasteiger partial charge in [0.25, 0.3) is 0 Å². The first-order valence-corrected chi connectivity index (χ1v) is 10.3. The normalized spacial score (nSPS) is 12.2. The van der Waals surface area contributed by atoms with Gasteiger partial charge in [0, 0.05) is 25.3 Å². The molecule has 5 heteroatoms. The molecule has 4 aromatic carbocycles. The largest absolute Gasteiger partial charge is 0.496 e. The molecule has 0 spiro atoms. The van der Waals surface area contributed by atoms with Gasteiger partial charge in [-0.05, 0) is 46.7 Å². The van der Waals surface area contributed by atoms with Gasteiger partial charge < -0.3 is 9.64 Å². The number of hydrogen-bond donors (Lipinski definition) is 0. The summed E-state index contributed by atoms with van der Waals surface area (Å²) in [4.78, 5) is 2.10. The number of aromatic nitrogens is 3. The molecule has 31 heavy (non-hydrogen) atoms. The third kappa shape index (κ3) is 3.28. The van der Waals surface area contributed by atoms with Crippen LogP contribution >= 0.6 is 0 Å². The summed E-state index contributed by atoms with van der Waals surface area (Å²) >= 11 is 0. The summed E-state index contributed by atoms with van der Waals surface area (Å²) in [5.74, 6) is 0.833. The second kappa shape index (κ2) is 7.76. The Morgan fingerprint density at radius 2 is 1.58 bits per heavy atom. The topological polar surface area (TPSA) is 43.2 Å². The highest BCUT2D eigenvalue weighted by Gasteiger charge is 2.25. The van der Waals surface area contributed by atoms with Crippen LogP contribution in [0.2, 0.25) is 0 Å². The average Bonchev–Trinajstić information content (AvgIpc) is 3.23. The second-order valence-electron chi connectivity index (χ2n) is 7.81. The average molecular weight is 409 g/mol. The lowest BCUT2D eigenvalue weighted by molar-refractivity contribution is 0.404. The summed E-state index contributed by atoms with van der Waals surface area (Å²) < 4.78 is 7.86. The van der Waals surface area contributed by atoms with E-state index >= 15 is 0 Å². The van der Waals surface area contributed by atoms with Crippen molar-refractivity contribution in [2.75, 3.05) is 26.1 Å². The van der Waals surface area contributed by atoms with E-state index in [0.717, 1.165) is 44.4 Å². The van der Waals surface area contributed by atoms with Crippen LogP contribution in [-0.4, -0.2) is 36.2 Å². The summed E-state index contributed by atoms with van der Waals surface area (Å²) in [7, 11) is 5.82. The van der Waals surface area contributed by atoms with Crippen molar-refractivity contribution in [1.82, 2.24) is 15.0 Å². The van der Waals surface area contributed by atoms with Gasteiger partial charge in [-0.3, -0.25) is 0 Å². The van der Waals surface area contributed by atoms with Crippen LogP contribution in [0.1, 0.15) is 17.2 Å². The molecule has 154 valence electrons. The van der Waals surface area contributed by atoms with Gasteiger partial charge in [-0.2, -0.15) is 0 Å². The quantitative estimate of drug-likeness (QED) is 0.396. The van der Waals surface area contributed by atoms with Gasteiger partial charge in [0.15, 0.2) is 0 Å². The first-order chi connectivity index (χ1) is 15.2. The van der Waals surface area contributed by atoms with Crippen molar-refractivity contribution in [3.63, 3.8) is 0 Å². The predicted octanol–water partition coefficient (Wildman–Crippen LogP) is 5.30. The molecule has 0 amide bonds. The highest BCUT2D eigenvalue weighted by atomic mass is 16.5. The van der Waals surface area contributed by atoms with E-state index < -0.39 is 0 Å². The molecular weight excluding hydrogens is 384 g/mol. The number of hydrogen-bond acceptors (Lipinski definition) is 4. The summed E-state index contributed by atoms with van der Waals surface area (Å²) in [6.45, 7) is 0. The zero-order chi connectivity index (χ0) is 21.4. The Balaban J connectivity index is 1.82. The molecule has 0 fully saturated rings. The number of fused-ring (bicyclic) bond motifs is 2. The van der Waals surface area contributed by atoms with E-state index in [1.807, 2.05) is 43.0 Å². The van der Waals surface area contributed by atoms with Crippen LogP contribution in [0.15, 0.2) is 84.9 Å². The SMILES string of the molecule is COc1ccc2ccccc2c1C(c1ccc(N(C)C)cc1)n1nnc2ccccc21. The van der Waals surface area contributed by atoms with E-state index in [9.17, 15) is 0 Å². The van der Waals surface area contributed by atoms with Gasteiger partial charge >= 0.3 is 0 Å². The molecule has 0 bridgehead atoms. The van der Waals surface area contributed by atoms with E-state index in [2.05, 4.69) is 75.9 Å². The Morgan fingerprint density at radius 1 is 0.839 bits per heavy atom. The van der Waals surface area contributed by atoms with Gasteiger partial charge in [0.2, 0.25) is 0 Å². The molecule has 1 heterocycles. The minimum Gasteiger partial charge on any atom is -0.496 e. The summed E-state index contributed by atoms with van der Waals surface area (Å²) in [5, 5.41) is 11.3. The summed E-state index contributed by atoms with van der Waals surface area (Å²) in [6.07, 6.45) is 0. The molecule has 5 nitrogen and oxygen atoms in total. The van der Waals surface area contributed by atoms with Crippen LogP contribution in [0.25, 0.3) is 21.8 Å². The number of nitrogens with zero attached hydrogens (tertiary/aromatic N) is 4. The zero-order valence-corrected chi connectivity index (χ0v) is 17.9. The van der Waals surface area contributed by atoms with Crippen molar-refractivity contribution in [2.24, 2.45) is 0 Å². The molecule has 5 aromatic rings. The molecule has 0 aliphatic rings. The molecule has 0 saturated carbocycles. The molecule has 0 saturated heterocycles. The van der Waals surface area contributed by atoms with Crippen LogP contribution in [-0.2, 0) is 0 Å². The van der Waals surface area contributed by atoms with E-state index in [0.29, 0.717) is 0 Å². The Kier molecular flexibility index (Phi) is 4.79. The first-order valence-electron chi connectivity index (χ1n) is 10.3. The van der Waals surface area contributed by atoms with Gasteiger partial charge in [0.05, 0.1) is 12.6 Å². The minimum absolute atomic E-state index is 0.190. The number of ether oxygens (including phenoxy) is 1. The Morgan fingerprint density at radius 3 is 2.35 bits per heavy atom. The lowest BCUT2D eigenvalue weighted by Crippen LogP contribution is -2.16. The van der Waals surface area contributed by atoms with Crippen molar-refractivity contribution in [3.8, 4) is 5.75 Å². The van der Waals surface area contributed by atoms with Crippen LogP contribution in [0, 0.1) is 0 Å². The fourth-order valence-electron chi connectivity index (χ4n) is 4.20.